The Morgan fingerprint density at radius 3 is 3.14 bits per heavy atom. The fourth-order valence-electron chi connectivity index (χ4n) is 1.26. The van der Waals surface area contributed by atoms with E-state index >= 15 is 0 Å². The number of hydrogen-bond acceptors (Lipinski definition) is 2. The lowest BCUT2D eigenvalue weighted by molar-refractivity contribution is 0.681. The maximum atomic E-state index is 12.5. The van der Waals surface area contributed by atoms with E-state index in [9.17, 15) is 4.39 Å². The minimum absolute atomic E-state index is 0.484. The Morgan fingerprint density at radius 1 is 1.64 bits per heavy atom. The molecule has 1 aliphatic rings. The van der Waals surface area contributed by atoms with Crippen molar-refractivity contribution in [3.05, 3.63) is 35.8 Å². The number of aliphatic imine (C=N–C) groups is 1. The maximum Gasteiger partial charge on any atom is 0.156 e. The summed E-state index contributed by atoms with van der Waals surface area (Å²) in [6, 6.07) is 0. The number of allylic oxidation sites excluding steroid dienone is 4. The predicted octanol–water partition coefficient (Wildman–Crippen LogP) is 2.49. The van der Waals surface area contributed by atoms with Gasteiger partial charge in [-0.1, -0.05) is 23.8 Å². The molecule has 2 N–H and O–H groups in total. The Labute approximate surface area is 83.7 Å². The molecule has 1 rings (SSSR count). The summed E-state index contributed by atoms with van der Waals surface area (Å²) < 4.78 is 12.5. The minimum Gasteiger partial charge on any atom is -0.402 e. The van der Waals surface area contributed by atoms with Gasteiger partial charge in [-0.2, -0.15) is 0 Å². The summed E-state index contributed by atoms with van der Waals surface area (Å²) in [4.78, 5) is 3.92. The molecule has 3 heteroatoms. The van der Waals surface area contributed by atoms with Crippen molar-refractivity contribution in [2.75, 3.05) is 6.54 Å². The normalized spacial score (nSPS) is 17.5. The number of hydrogen-bond donors (Lipinski definition) is 1. The van der Waals surface area contributed by atoms with Crippen LogP contribution >= 0.6 is 0 Å². The zero-order valence-corrected chi connectivity index (χ0v) is 8.12. The van der Waals surface area contributed by atoms with Crippen LogP contribution < -0.4 is 5.73 Å². The molecule has 0 spiro atoms. The Hall–Kier alpha value is -1.38. The molecule has 0 unspecified atom stereocenters. The van der Waals surface area contributed by atoms with Crippen LogP contribution in [0.3, 0.4) is 0 Å². The lowest BCUT2D eigenvalue weighted by Gasteiger charge is -2.06. The van der Waals surface area contributed by atoms with Crippen LogP contribution in [-0.2, 0) is 0 Å². The Bertz CT molecular complexity index is 288. The SMILES string of the molecule is NC=C(F)C=NCCC1=CC=CCC1. The van der Waals surface area contributed by atoms with Crippen LogP contribution in [-0.4, -0.2) is 12.8 Å². The second kappa shape index (κ2) is 6.13. The number of nitrogens with zero attached hydrogens (tertiary/aromatic N) is 1. The smallest absolute Gasteiger partial charge is 0.156 e. The first-order valence-electron chi connectivity index (χ1n) is 4.74. The van der Waals surface area contributed by atoms with Crippen molar-refractivity contribution in [1.29, 1.82) is 0 Å². The van der Waals surface area contributed by atoms with Gasteiger partial charge in [0.15, 0.2) is 5.83 Å². The summed E-state index contributed by atoms with van der Waals surface area (Å²) in [5, 5.41) is 0. The maximum absolute atomic E-state index is 12.5. The van der Waals surface area contributed by atoms with Crippen LogP contribution in [0.25, 0.3) is 0 Å². The van der Waals surface area contributed by atoms with Gasteiger partial charge in [0.25, 0.3) is 0 Å². The van der Waals surface area contributed by atoms with Crippen molar-refractivity contribution in [1.82, 2.24) is 0 Å². The highest BCUT2D eigenvalue weighted by Crippen LogP contribution is 2.14. The van der Waals surface area contributed by atoms with Crippen LogP contribution in [0.2, 0.25) is 0 Å². The fourth-order valence-corrected chi connectivity index (χ4v) is 1.26. The highest BCUT2D eigenvalue weighted by atomic mass is 19.1. The molecular formula is C11H15FN2. The molecule has 1 aliphatic carbocycles. The van der Waals surface area contributed by atoms with Gasteiger partial charge < -0.3 is 5.73 Å². The van der Waals surface area contributed by atoms with E-state index in [1.54, 1.807) is 0 Å². The molecule has 14 heavy (non-hydrogen) atoms. The number of nitrogens with two attached hydrogens (primary N) is 1. The lowest BCUT2D eigenvalue weighted by atomic mass is 10.0. The van der Waals surface area contributed by atoms with Gasteiger partial charge in [-0.05, 0) is 19.3 Å². The summed E-state index contributed by atoms with van der Waals surface area (Å²) in [6.07, 6.45) is 11.5. The molecule has 0 atom stereocenters. The zero-order valence-electron chi connectivity index (χ0n) is 8.12. The van der Waals surface area contributed by atoms with Crippen LogP contribution in [0, 0.1) is 0 Å². The standard InChI is InChI=1S/C11H15FN2/c12-11(8-13)9-14-7-6-10-4-2-1-3-5-10/h1-2,4,8-9H,3,5-7,13H2. The van der Waals surface area contributed by atoms with Gasteiger partial charge in [0.1, 0.15) is 0 Å². The number of halogens is 1. The molecule has 0 heterocycles. The third-order valence-electron chi connectivity index (χ3n) is 2.04. The molecule has 0 aromatic heterocycles. The summed E-state index contributed by atoms with van der Waals surface area (Å²) in [5.41, 5.74) is 6.32. The first-order valence-corrected chi connectivity index (χ1v) is 4.74. The molecule has 76 valence electrons. The van der Waals surface area contributed by atoms with Crippen molar-refractivity contribution in [2.45, 2.75) is 19.3 Å². The van der Waals surface area contributed by atoms with Crippen molar-refractivity contribution in [2.24, 2.45) is 10.7 Å². The third kappa shape index (κ3) is 4.03. The van der Waals surface area contributed by atoms with Crippen molar-refractivity contribution in [3.63, 3.8) is 0 Å². The van der Waals surface area contributed by atoms with Gasteiger partial charge in [0.2, 0.25) is 0 Å². The van der Waals surface area contributed by atoms with Crippen molar-refractivity contribution in [3.8, 4) is 0 Å². The van der Waals surface area contributed by atoms with Crippen LogP contribution in [0.5, 0.6) is 0 Å². The van der Waals surface area contributed by atoms with E-state index < -0.39 is 5.83 Å². The van der Waals surface area contributed by atoms with E-state index in [-0.39, 0.29) is 0 Å². The fraction of sp³-hybridized carbons (Fsp3) is 0.364. The zero-order chi connectivity index (χ0) is 10.2. The summed E-state index contributed by atoms with van der Waals surface area (Å²) in [7, 11) is 0. The van der Waals surface area contributed by atoms with Gasteiger partial charge in [-0.25, -0.2) is 4.39 Å². The topological polar surface area (TPSA) is 38.4 Å². The third-order valence-corrected chi connectivity index (χ3v) is 2.04. The lowest BCUT2D eigenvalue weighted by Crippen LogP contribution is -1.91. The molecule has 0 bridgehead atoms. The minimum atomic E-state index is -0.484. The number of rotatable bonds is 4. The summed E-state index contributed by atoms with van der Waals surface area (Å²) in [6.45, 7) is 0.626. The van der Waals surface area contributed by atoms with E-state index in [4.69, 9.17) is 5.73 Å². The van der Waals surface area contributed by atoms with Gasteiger partial charge in [0.05, 0.1) is 6.21 Å². The monoisotopic (exact) mass is 194 g/mol. The largest absolute Gasteiger partial charge is 0.402 e. The van der Waals surface area contributed by atoms with Gasteiger partial charge in [-0.3, -0.25) is 4.99 Å². The van der Waals surface area contributed by atoms with Crippen LogP contribution in [0.1, 0.15) is 19.3 Å². The van der Waals surface area contributed by atoms with Crippen LogP contribution in [0.15, 0.2) is 40.8 Å². The molecule has 0 saturated carbocycles. The van der Waals surface area contributed by atoms with Gasteiger partial charge in [-0.15, -0.1) is 0 Å². The molecular weight excluding hydrogens is 179 g/mol. The molecule has 2 nitrogen and oxygen atoms in total. The second-order valence-electron chi connectivity index (χ2n) is 3.13. The molecule has 0 aromatic rings. The quantitative estimate of drug-likeness (QED) is 0.686. The average Bonchev–Trinajstić information content (AvgIpc) is 2.25. The summed E-state index contributed by atoms with van der Waals surface area (Å²) >= 11 is 0. The van der Waals surface area contributed by atoms with E-state index in [0.717, 1.165) is 25.5 Å². The van der Waals surface area contributed by atoms with E-state index in [2.05, 4.69) is 23.2 Å². The summed E-state index contributed by atoms with van der Waals surface area (Å²) in [5.74, 6) is -0.484. The molecule has 0 radical (unpaired) electrons. The Morgan fingerprint density at radius 2 is 2.50 bits per heavy atom. The first-order chi connectivity index (χ1) is 6.83. The predicted molar refractivity (Wildman–Crippen MR) is 57.8 cm³/mol. The average molecular weight is 194 g/mol. The molecule has 0 saturated heterocycles. The Kier molecular flexibility index (Phi) is 4.69. The van der Waals surface area contributed by atoms with Crippen LogP contribution in [0.4, 0.5) is 4.39 Å². The van der Waals surface area contributed by atoms with E-state index in [1.807, 2.05) is 0 Å². The molecule has 0 aromatic carbocycles. The van der Waals surface area contributed by atoms with Gasteiger partial charge >= 0.3 is 0 Å². The molecule has 0 amide bonds. The Balaban J connectivity index is 2.24. The van der Waals surface area contributed by atoms with Gasteiger partial charge in [0, 0.05) is 12.7 Å². The van der Waals surface area contributed by atoms with Crippen molar-refractivity contribution < 1.29 is 4.39 Å². The van der Waals surface area contributed by atoms with E-state index in [1.165, 1.54) is 11.8 Å². The van der Waals surface area contributed by atoms with E-state index in [0.29, 0.717) is 6.54 Å². The highest BCUT2D eigenvalue weighted by molar-refractivity contribution is 5.75. The first kappa shape index (κ1) is 10.7. The molecule has 0 aliphatic heterocycles. The molecule has 0 fully saturated rings. The second-order valence-corrected chi connectivity index (χ2v) is 3.13. The highest BCUT2D eigenvalue weighted by Gasteiger charge is 1.97. The van der Waals surface area contributed by atoms with Crippen molar-refractivity contribution >= 4 is 6.21 Å².